The van der Waals surface area contributed by atoms with E-state index in [1.807, 2.05) is 25.1 Å². The van der Waals surface area contributed by atoms with Crippen molar-refractivity contribution in [3.63, 3.8) is 0 Å². The van der Waals surface area contributed by atoms with Crippen LogP contribution in [0, 0.1) is 0 Å². The van der Waals surface area contributed by atoms with Crippen molar-refractivity contribution in [2.75, 3.05) is 13.2 Å². The Morgan fingerprint density at radius 2 is 2.10 bits per heavy atom. The quantitative estimate of drug-likeness (QED) is 0.825. The Balaban J connectivity index is 1.76. The van der Waals surface area contributed by atoms with Crippen molar-refractivity contribution in [1.82, 2.24) is 0 Å². The van der Waals surface area contributed by atoms with Gasteiger partial charge in [0.2, 0.25) is 0 Å². The molecule has 0 N–H and O–H groups in total. The van der Waals surface area contributed by atoms with Crippen molar-refractivity contribution in [2.24, 2.45) is 0 Å². The zero-order chi connectivity index (χ0) is 14.7. The van der Waals surface area contributed by atoms with Crippen molar-refractivity contribution in [1.29, 1.82) is 0 Å². The highest BCUT2D eigenvalue weighted by Gasteiger charge is 2.42. The molecule has 1 aromatic rings. The fourth-order valence-corrected chi connectivity index (χ4v) is 3.76. The SMILES string of the molecule is CCOC1(C(=O)CC2CCOc3ccccc32)CCCC1. The molecule has 1 aliphatic carbocycles. The molecule has 1 unspecified atom stereocenters. The number of benzene rings is 1. The van der Waals surface area contributed by atoms with E-state index in [-0.39, 0.29) is 5.92 Å². The highest BCUT2D eigenvalue weighted by atomic mass is 16.5. The summed E-state index contributed by atoms with van der Waals surface area (Å²) in [5.74, 6) is 1.52. The van der Waals surface area contributed by atoms with Gasteiger partial charge in [0.1, 0.15) is 11.4 Å². The van der Waals surface area contributed by atoms with E-state index in [2.05, 4.69) is 6.07 Å². The molecule has 1 aliphatic heterocycles. The first-order chi connectivity index (χ1) is 10.2. The molecule has 3 rings (SSSR count). The van der Waals surface area contributed by atoms with E-state index in [0.717, 1.165) is 37.9 Å². The van der Waals surface area contributed by atoms with Gasteiger partial charge in [-0.25, -0.2) is 0 Å². The van der Waals surface area contributed by atoms with Gasteiger partial charge in [-0.05, 0) is 56.6 Å². The Hall–Kier alpha value is -1.35. The van der Waals surface area contributed by atoms with Crippen LogP contribution in [0.5, 0.6) is 5.75 Å². The second-order valence-corrected chi connectivity index (χ2v) is 6.13. The maximum atomic E-state index is 12.9. The molecule has 0 bridgehead atoms. The van der Waals surface area contributed by atoms with Gasteiger partial charge in [0, 0.05) is 13.0 Å². The van der Waals surface area contributed by atoms with Gasteiger partial charge >= 0.3 is 0 Å². The zero-order valence-corrected chi connectivity index (χ0v) is 12.8. The number of ether oxygens (including phenoxy) is 2. The number of carbonyl (C=O) groups is 1. The van der Waals surface area contributed by atoms with E-state index in [1.165, 1.54) is 5.56 Å². The van der Waals surface area contributed by atoms with Crippen molar-refractivity contribution in [2.45, 2.75) is 57.0 Å². The predicted octanol–water partition coefficient (Wildman–Crippen LogP) is 3.86. The number of ketones is 1. The topological polar surface area (TPSA) is 35.5 Å². The number of hydrogen-bond donors (Lipinski definition) is 0. The summed E-state index contributed by atoms with van der Waals surface area (Å²) >= 11 is 0. The molecule has 114 valence electrons. The van der Waals surface area contributed by atoms with Gasteiger partial charge in [-0.2, -0.15) is 0 Å². The monoisotopic (exact) mass is 288 g/mol. The van der Waals surface area contributed by atoms with Gasteiger partial charge in [0.15, 0.2) is 5.78 Å². The lowest BCUT2D eigenvalue weighted by Crippen LogP contribution is -2.40. The molecule has 0 amide bonds. The number of para-hydroxylation sites is 1. The number of fused-ring (bicyclic) bond motifs is 1. The first-order valence-corrected chi connectivity index (χ1v) is 8.14. The Morgan fingerprint density at radius 3 is 2.86 bits per heavy atom. The van der Waals surface area contributed by atoms with Crippen LogP contribution >= 0.6 is 0 Å². The number of rotatable bonds is 5. The van der Waals surface area contributed by atoms with E-state index in [9.17, 15) is 4.79 Å². The second kappa shape index (κ2) is 6.18. The van der Waals surface area contributed by atoms with Gasteiger partial charge < -0.3 is 9.47 Å². The highest BCUT2D eigenvalue weighted by Crippen LogP contribution is 2.40. The summed E-state index contributed by atoms with van der Waals surface area (Å²) in [5, 5.41) is 0. The molecule has 1 atom stereocenters. The Morgan fingerprint density at radius 1 is 1.33 bits per heavy atom. The molecule has 3 heteroatoms. The third-order valence-electron chi connectivity index (χ3n) is 4.85. The molecular weight excluding hydrogens is 264 g/mol. The van der Waals surface area contributed by atoms with Crippen LogP contribution in [-0.2, 0) is 9.53 Å². The first kappa shape index (κ1) is 14.6. The Labute approximate surface area is 126 Å². The maximum absolute atomic E-state index is 12.9. The molecular formula is C18H24O3. The molecule has 0 radical (unpaired) electrons. The Bertz CT molecular complexity index is 503. The molecule has 1 heterocycles. The van der Waals surface area contributed by atoms with Crippen LogP contribution < -0.4 is 4.74 Å². The van der Waals surface area contributed by atoms with Crippen molar-refractivity contribution in [3.05, 3.63) is 29.8 Å². The predicted molar refractivity (Wildman–Crippen MR) is 81.7 cm³/mol. The van der Waals surface area contributed by atoms with Crippen LogP contribution in [-0.4, -0.2) is 24.6 Å². The van der Waals surface area contributed by atoms with E-state index >= 15 is 0 Å². The number of Topliss-reactive ketones (excluding diaryl/α,β-unsaturated/α-hetero) is 1. The van der Waals surface area contributed by atoms with E-state index in [4.69, 9.17) is 9.47 Å². The molecule has 0 saturated heterocycles. The first-order valence-electron chi connectivity index (χ1n) is 8.14. The molecule has 1 saturated carbocycles. The van der Waals surface area contributed by atoms with Crippen LogP contribution in [0.3, 0.4) is 0 Å². The summed E-state index contributed by atoms with van der Waals surface area (Å²) < 4.78 is 11.6. The van der Waals surface area contributed by atoms with Crippen LogP contribution in [0.1, 0.15) is 56.9 Å². The van der Waals surface area contributed by atoms with Gasteiger partial charge in [-0.3, -0.25) is 4.79 Å². The lowest BCUT2D eigenvalue weighted by molar-refractivity contribution is -0.144. The van der Waals surface area contributed by atoms with Crippen molar-refractivity contribution < 1.29 is 14.3 Å². The van der Waals surface area contributed by atoms with E-state index in [1.54, 1.807) is 0 Å². The van der Waals surface area contributed by atoms with Crippen molar-refractivity contribution >= 4 is 5.78 Å². The third kappa shape index (κ3) is 2.84. The highest BCUT2D eigenvalue weighted by molar-refractivity contribution is 5.88. The molecule has 1 aromatic carbocycles. The van der Waals surface area contributed by atoms with Crippen molar-refractivity contribution in [3.8, 4) is 5.75 Å². The average molecular weight is 288 g/mol. The third-order valence-corrected chi connectivity index (χ3v) is 4.85. The number of hydrogen-bond acceptors (Lipinski definition) is 3. The standard InChI is InChI=1S/C18H24O3/c1-2-21-18(10-5-6-11-18)17(19)13-14-9-12-20-16-8-4-3-7-15(14)16/h3-4,7-8,14H,2,5-6,9-13H2,1H3. The summed E-state index contributed by atoms with van der Waals surface area (Å²) in [5.41, 5.74) is 0.684. The van der Waals surface area contributed by atoms with Crippen LogP contribution in [0.2, 0.25) is 0 Å². The summed E-state index contributed by atoms with van der Waals surface area (Å²) in [6.07, 6.45) is 5.51. The molecule has 0 spiro atoms. The lowest BCUT2D eigenvalue weighted by Gasteiger charge is -2.31. The van der Waals surface area contributed by atoms with Gasteiger partial charge in [0.05, 0.1) is 6.61 Å². The van der Waals surface area contributed by atoms with Gasteiger partial charge in [-0.1, -0.05) is 18.2 Å². The second-order valence-electron chi connectivity index (χ2n) is 6.13. The zero-order valence-electron chi connectivity index (χ0n) is 12.8. The van der Waals surface area contributed by atoms with Crippen LogP contribution in [0.25, 0.3) is 0 Å². The summed E-state index contributed by atoms with van der Waals surface area (Å²) in [4.78, 5) is 12.9. The minimum absolute atomic E-state index is 0.278. The van der Waals surface area contributed by atoms with Crippen LogP contribution in [0.15, 0.2) is 24.3 Å². The summed E-state index contributed by atoms with van der Waals surface area (Å²) in [6.45, 7) is 3.31. The Kier molecular flexibility index (Phi) is 4.29. The molecule has 1 fully saturated rings. The lowest BCUT2D eigenvalue weighted by atomic mass is 9.83. The fourth-order valence-electron chi connectivity index (χ4n) is 3.76. The number of carbonyl (C=O) groups excluding carboxylic acids is 1. The van der Waals surface area contributed by atoms with Gasteiger partial charge in [0.25, 0.3) is 0 Å². The van der Waals surface area contributed by atoms with Crippen LogP contribution in [0.4, 0.5) is 0 Å². The van der Waals surface area contributed by atoms with E-state index in [0.29, 0.717) is 25.4 Å². The molecule has 21 heavy (non-hydrogen) atoms. The maximum Gasteiger partial charge on any atom is 0.165 e. The summed E-state index contributed by atoms with van der Waals surface area (Å²) in [6, 6.07) is 8.11. The smallest absolute Gasteiger partial charge is 0.165 e. The normalized spacial score (nSPS) is 23.4. The summed E-state index contributed by atoms with van der Waals surface area (Å²) in [7, 11) is 0. The minimum Gasteiger partial charge on any atom is -0.493 e. The van der Waals surface area contributed by atoms with Gasteiger partial charge in [-0.15, -0.1) is 0 Å². The average Bonchev–Trinajstić information content (AvgIpc) is 2.98. The largest absolute Gasteiger partial charge is 0.493 e. The minimum atomic E-state index is -0.498. The molecule has 3 nitrogen and oxygen atoms in total. The molecule has 2 aliphatic rings. The molecule has 0 aromatic heterocycles. The van der Waals surface area contributed by atoms with E-state index < -0.39 is 5.60 Å². The fraction of sp³-hybridized carbons (Fsp3) is 0.611.